The molecule has 0 bridgehead atoms. The first kappa shape index (κ1) is 14.6. The predicted octanol–water partition coefficient (Wildman–Crippen LogP) is 2.74. The van der Waals surface area contributed by atoms with Crippen LogP contribution in [0.25, 0.3) is 0 Å². The van der Waals surface area contributed by atoms with Crippen LogP contribution in [0.5, 0.6) is 5.75 Å². The van der Waals surface area contributed by atoms with Crippen molar-refractivity contribution >= 4 is 29.1 Å². The second kappa shape index (κ2) is 7.10. The molecule has 1 aromatic carbocycles. The Morgan fingerprint density at radius 3 is 2.78 bits per heavy atom. The predicted molar refractivity (Wildman–Crippen MR) is 69.8 cm³/mol. The molecule has 0 aliphatic carbocycles. The number of nitriles is 1. The largest absolute Gasteiger partial charge is 0.484 e. The molecule has 0 saturated heterocycles. The summed E-state index contributed by atoms with van der Waals surface area (Å²) in [6, 6.07) is 6.76. The fraction of sp³-hybridized carbons (Fsp3) is 0.333. The first-order valence-electron chi connectivity index (χ1n) is 5.23. The number of carbonyl (C=O) groups excluding carboxylic acids is 1. The number of halogens is 2. The van der Waals surface area contributed by atoms with Crippen molar-refractivity contribution < 1.29 is 9.53 Å². The smallest absolute Gasteiger partial charge is 0.260 e. The minimum absolute atomic E-state index is 0.0973. The molecule has 0 radical (unpaired) electrons. The lowest BCUT2D eigenvalue weighted by Crippen LogP contribution is -2.32. The lowest BCUT2D eigenvalue weighted by atomic mass is 10.3. The van der Waals surface area contributed by atoms with Crippen molar-refractivity contribution in [1.82, 2.24) is 4.90 Å². The number of rotatable bonds is 5. The molecular weight excluding hydrogens is 275 g/mol. The van der Waals surface area contributed by atoms with Gasteiger partial charge in [-0.15, -0.1) is 0 Å². The van der Waals surface area contributed by atoms with Crippen molar-refractivity contribution in [2.45, 2.75) is 6.42 Å². The Kier molecular flexibility index (Phi) is 5.76. The molecule has 1 aromatic rings. The average molecular weight is 287 g/mol. The maximum atomic E-state index is 11.6. The maximum absolute atomic E-state index is 11.6. The van der Waals surface area contributed by atoms with Crippen LogP contribution in [-0.2, 0) is 4.79 Å². The quantitative estimate of drug-likeness (QED) is 0.836. The molecule has 1 rings (SSSR count). The van der Waals surface area contributed by atoms with Gasteiger partial charge in [0.2, 0.25) is 0 Å². The Hall–Kier alpha value is -1.44. The molecule has 0 aliphatic heterocycles. The van der Waals surface area contributed by atoms with Crippen LogP contribution in [-0.4, -0.2) is 31.0 Å². The third-order valence-corrected chi connectivity index (χ3v) is 2.98. The number of hydrogen-bond acceptors (Lipinski definition) is 3. The Balaban J connectivity index is 2.47. The molecule has 0 atom stereocenters. The maximum Gasteiger partial charge on any atom is 0.260 e. The summed E-state index contributed by atoms with van der Waals surface area (Å²) in [4.78, 5) is 13.1. The minimum atomic E-state index is -0.198. The van der Waals surface area contributed by atoms with Crippen molar-refractivity contribution in [2.75, 3.05) is 20.2 Å². The summed E-state index contributed by atoms with van der Waals surface area (Å²) in [6.45, 7) is 0.292. The number of amides is 1. The Morgan fingerprint density at radius 2 is 2.17 bits per heavy atom. The van der Waals surface area contributed by atoms with Gasteiger partial charge >= 0.3 is 0 Å². The van der Waals surface area contributed by atoms with Gasteiger partial charge in [0.05, 0.1) is 22.5 Å². The molecule has 4 nitrogen and oxygen atoms in total. The molecule has 0 heterocycles. The van der Waals surface area contributed by atoms with Crippen LogP contribution >= 0.6 is 23.2 Å². The van der Waals surface area contributed by atoms with Crippen molar-refractivity contribution in [3.63, 3.8) is 0 Å². The SMILES string of the molecule is CN(CCC#N)C(=O)COc1ccc(Cl)c(Cl)c1. The molecule has 0 aromatic heterocycles. The Labute approximate surface area is 116 Å². The lowest BCUT2D eigenvalue weighted by molar-refractivity contribution is -0.131. The third-order valence-electron chi connectivity index (χ3n) is 2.24. The highest BCUT2D eigenvalue weighted by molar-refractivity contribution is 6.42. The molecule has 0 N–H and O–H groups in total. The van der Waals surface area contributed by atoms with Crippen LogP contribution in [0.2, 0.25) is 10.0 Å². The van der Waals surface area contributed by atoms with E-state index in [0.29, 0.717) is 28.8 Å². The summed E-state index contributed by atoms with van der Waals surface area (Å²) in [5.74, 6) is 0.280. The monoisotopic (exact) mass is 286 g/mol. The number of nitrogens with zero attached hydrogens (tertiary/aromatic N) is 2. The molecular formula is C12H12Cl2N2O2. The van der Waals surface area contributed by atoms with Gasteiger partial charge in [0.15, 0.2) is 6.61 Å². The zero-order valence-electron chi connectivity index (χ0n) is 9.82. The fourth-order valence-electron chi connectivity index (χ4n) is 1.16. The van der Waals surface area contributed by atoms with Gasteiger partial charge in [0.25, 0.3) is 5.91 Å². The average Bonchev–Trinajstić information content (AvgIpc) is 2.36. The van der Waals surface area contributed by atoms with Crippen LogP contribution in [0.3, 0.4) is 0 Å². The first-order valence-corrected chi connectivity index (χ1v) is 5.99. The highest BCUT2D eigenvalue weighted by Crippen LogP contribution is 2.26. The van der Waals surface area contributed by atoms with E-state index in [0.717, 1.165) is 0 Å². The standard InChI is InChI=1S/C12H12Cl2N2O2/c1-16(6-2-5-15)12(17)8-18-9-3-4-10(13)11(14)7-9/h3-4,7H,2,6,8H2,1H3. The molecule has 1 amide bonds. The van der Waals surface area contributed by atoms with Crippen LogP contribution in [0.15, 0.2) is 18.2 Å². The van der Waals surface area contributed by atoms with E-state index in [1.165, 1.54) is 4.90 Å². The van der Waals surface area contributed by atoms with E-state index in [1.54, 1.807) is 25.2 Å². The summed E-state index contributed by atoms with van der Waals surface area (Å²) < 4.78 is 5.29. The van der Waals surface area contributed by atoms with Crippen LogP contribution in [0.1, 0.15) is 6.42 Å². The zero-order chi connectivity index (χ0) is 13.5. The lowest BCUT2D eigenvalue weighted by Gasteiger charge is -2.15. The second-order valence-electron chi connectivity index (χ2n) is 3.59. The van der Waals surface area contributed by atoms with Crippen molar-refractivity contribution in [3.05, 3.63) is 28.2 Å². The Morgan fingerprint density at radius 1 is 1.44 bits per heavy atom. The van der Waals surface area contributed by atoms with Gasteiger partial charge in [-0.25, -0.2) is 0 Å². The number of likely N-dealkylation sites (N-methyl/N-ethyl adjacent to an activating group) is 1. The highest BCUT2D eigenvalue weighted by Gasteiger charge is 2.09. The van der Waals surface area contributed by atoms with Gasteiger partial charge in [0.1, 0.15) is 5.75 Å². The van der Waals surface area contributed by atoms with Gasteiger partial charge in [-0.2, -0.15) is 5.26 Å². The van der Waals surface area contributed by atoms with E-state index in [4.69, 9.17) is 33.2 Å². The van der Waals surface area contributed by atoms with E-state index in [2.05, 4.69) is 0 Å². The summed E-state index contributed by atoms with van der Waals surface area (Å²) in [5, 5.41) is 9.22. The van der Waals surface area contributed by atoms with Gasteiger partial charge in [-0.3, -0.25) is 4.79 Å². The molecule has 0 fully saturated rings. The van der Waals surface area contributed by atoms with Gasteiger partial charge in [-0.05, 0) is 12.1 Å². The summed E-state index contributed by atoms with van der Waals surface area (Å²) in [6.07, 6.45) is 0.301. The van der Waals surface area contributed by atoms with E-state index in [1.807, 2.05) is 6.07 Å². The van der Waals surface area contributed by atoms with Crippen LogP contribution in [0, 0.1) is 11.3 Å². The van der Waals surface area contributed by atoms with Crippen LogP contribution in [0.4, 0.5) is 0 Å². The van der Waals surface area contributed by atoms with E-state index < -0.39 is 0 Å². The summed E-state index contributed by atoms with van der Waals surface area (Å²) >= 11 is 11.6. The third kappa shape index (κ3) is 4.44. The minimum Gasteiger partial charge on any atom is -0.484 e. The van der Waals surface area contributed by atoms with Crippen LogP contribution < -0.4 is 4.74 Å². The first-order chi connectivity index (χ1) is 8.54. The van der Waals surface area contributed by atoms with E-state index in [9.17, 15) is 4.79 Å². The molecule has 6 heteroatoms. The summed E-state index contributed by atoms with van der Waals surface area (Å²) in [7, 11) is 1.62. The zero-order valence-corrected chi connectivity index (χ0v) is 11.3. The number of carbonyl (C=O) groups is 1. The van der Waals surface area contributed by atoms with E-state index in [-0.39, 0.29) is 12.5 Å². The molecule has 0 spiro atoms. The van der Waals surface area contributed by atoms with Crippen molar-refractivity contribution in [2.24, 2.45) is 0 Å². The topological polar surface area (TPSA) is 53.3 Å². The highest BCUT2D eigenvalue weighted by atomic mass is 35.5. The molecule has 0 saturated carbocycles. The second-order valence-corrected chi connectivity index (χ2v) is 4.40. The van der Waals surface area contributed by atoms with Crippen molar-refractivity contribution in [1.29, 1.82) is 5.26 Å². The summed E-state index contributed by atoms with van der Waals surface area (Å²) in [5.41, 5.74) is 0. The number of benzene rings is 1. The fourth-order valence-corrected chi connectivity index (χ4v) is 1.45. The molecule has 0 aliphatic rings. The number of ether oxygens (including phenoxy) is 1. The molecule has 0 unspecified atom stereocenters. The van der Waals surface area contributed by atoms with Gasteiger partial charge < -0.3 is 9.64 Å². The Bertz CT molecular complexity index is 472. The van der Waals surface area contributed by atoms with Gasteiger partial charge in [0, 0.05) is 19.7 Å². The molecule has 18 heavy (non-hydrogen) atoms. The van der Waals surface area contributed by atoms with Gasteiger partial charge in [-0.1, -0.05) is 23.2 Å². The van der Waals surface area contributed by atoms with E-state index >= 15 is 0 Å². The molecule has 96 valence electrons. The normalized spacial score (nSPS) is 9.67. The van der Waals surface area contributed by atoms with Crippen molar-refractivity contribution in [3.8, 4) is 11.8 Å². The number of hydrogen-bond donors (Lipinski definition) is 0.